The minimum Gasteiger partial charge on any atom is -0.449 e. The quantitative estimate of drug-likeness (QED) is 0.849. The van der Waals surface area contributed by atoms with Gasteiger partial charge in [-0.2, -0.15) is 5.26 Å². The van der Waals surface area contributed by atoms with Crippen molar-refractivity contribution in [2.75, 3.05) is 19.6 Å². The number of β-amino-alcohol motifs (C(OH)–C–C–N with tert-alkyl or cyclic N) is 1. The summed E-state index contributed by atoms with van der Waals surface area (Å²) in [6.07, 6.45) is 0.616. The van der Waals surface area contributed by atoms with Crippen LogP contribution >= 0.6 is 0 Å². The lowest BCUT2D eigenvalue weighted by Crippen LogP contribution is -2.40. The van der Waals surface area contributed by atoms with E-state index in [4.69, 9.17) is 9.68 Å². The lowest BCUT2D eigenvalue weighted by Gasteiger charge is -2.30. The van der Waals surface area contributed by atoms with E-state index in [1.807, 2.05) is 6.07 Å². The van der Waals surface area contributed by atoms with Crippen LogP contribution in [0.25, 0.3) is 0 Å². The van der Waals surface area contributed by atoms with Crippen molar-refractivity contribution < 1.29 is 9.52 Å². The molecular weight excluding hydrogens is 290 g/mol. The third-order valence-corrected chi connectivity index (χ3v) is 4.13. The summed E-state index contributed by atoms with van der Waals surface area (Å²) in [5.41, 5.74) is 2.78. The number of aliphatic hydroxyl groups excluding tert-OH is 1. The molecule has 1 aromatic heterocycles. The van der Waals surface area contributed by atoms with Gasteiger partial charge in [-0.15, -0.1) is 0 Å². The molecular formula is C18H21N3O2. The second-order valence-electron chi connectivity index (χ2n) is 5.92. The maximum atomic E-state index is 10.2. The van der Waals surface area contributed by atoms with E-state index >= 15 is 0 Å². The van der Waals surface area contributed by atoms with Crippen molar-refractivity contribution in [1.29, 1.82) is 5.26 Å². The maximum absolute atomic E-state index is 10.2. The van der Waals surface area contributed by atoms with Crippen molar-refractivity contribution in [2.45, 2.75) is 25.6 Å². The molecule has 0 bridgehead atoms. The average molecular weight is 311 g/mol. The lowest BCUT2D eigenvalue weighted by molar-refractivity contribution is 0.104. The van der Waals surface area contributed by atoms with Gasteiger partial charge in [0.15, 0.2) is 0 Å². The summed E-state index contributed by atoms with van der Waals surface area (Å²) in [4.78, 5) is 2.29. The van der Waals surface area contributed by atoms with E-state index in [9.17, 15) is 5.11 Å². The van der Waals surface area contributed by atoms with Gasteiger partial charge in [0.1, 0.15) is 11.8 Å². The summed E-state index contributed by atoms with van der Waals surface area (Å²) < 4.78 is 5.29. The van der Waals surface area contributed by atoms with Crippen molar-refractivity contribution in [1.82, 2.24) is 10.2 Å². The van der Waals surface area contributed by atoms with Crippen molar-refractivity contribution in [3.63, 3.8) is 0 Å². The fraction of sp³-hybridized carbons (Fsp3) is 0.389. The van der Waals surface area contributed by atoms with E-state index in [0.29, 0.717) is 31.2 Å². The highest BCUT2D eigenvalue weighted by molar-refractivity contribution is 5.29. The molecule has 1 aromatic carbocycles. The van der Waals surface area contributed by atoms with Crippen molar-refractivity contribution in [3.05, 3.63) is 59.0 Å². The van der Waals surface area contributed by atoms with Gasteiger partial charge in [-0.1, -0.05) is 24.3 Å². The fourth-order valence-corrected chi connectivity index (χ4v) is 2.97. The van der Waals surface area contributed by atoms with E-state index in [0.717, 1.165) is 19.5 Å². The molecule has 23 heavy (non-hydrogen) atoms. The third kappa shape index (κ3) is 4.20. The van der Waals surface area contributed by atoms with Crippen LogP contribution in [0.3, 0.4) is 0 Å². The third-order valence-electron chi connectivity index (χ3n) is 4.13. The lowest BCUT2D eigenvalue weighted by atomic mass is 10.00. The summed E-state index contributed by atoms with van der Waals surface area (Å²) >= 11 is 0. The minimum atomic E-state index is -0.425. The van der Waals surface area contributed by atoms with Gasteiger partial charge in [0.2, 0.25) is 5.76 Å². The Morgan fingerprint density at radius 2 is 2.09 bits per heavy atom. The Kier molecular flexibility index (Phi) is 5.09. The zero-order chi connectivity index (χ0) is 16.1. The Morgan fingerprint density at radius 1 is 1.26 bits per heavy atom. The van der Waals surface area contributed by atoms with Gasteiger partial charge in [-0.3, -0.25) is 4.90 Å². The molecule has 0 radical (unpaired) electrons. The average Bonchev–Trinajstić information content (AvgIpc) is 3.03. The fourth-order valence-electron chi connectivity index (χ4n) is 2.97. The predicted molar refractivity (Wildman–Crippen MR) is 86.6 cm³/mol. The van der Waals surface area contributed by atoms with E-state index < -0.39 is 6.10 Å². The molecule has 2 heterocycles. The monoisotopic (exact) mass is 311 g/mol. The van der Waals surface area contributed by atoms with Gasteiger partial charge in [0.25, 0.3) is 0 Å². The Bertz CT molecular complexity index is 690. The first-order valence-corrected chi connectivity index (χ1v) is 7.91. The van der Waals surface area contributed by atoms with E-state index in [2.05, 4.69) is 34.5 Å². The molecule has 1 atom stereocenters. The molecule has 0 saturated carbocycles. The highest BCUT2D eigenvalue weighted by Crippen LogP contribution is 2.18. The highest BCUT2D eigenvalue weighted by Gasteiger charge is 2.18. The van der Waals surface area contributed by atoms with Gasteiger partial charge in [0, 0.05) is 26.2 Å². The number of nitrogens with one attached hydrogen (secondary N) is 1. The SMILES string of the molecule is N#Cc1ccc(CNCC(O)CN2CCc3ccccc3C2)o1. The normalized spacial score (nSPS) is 15.8. The Labute approximate surface area is 136 Å². The standard InChI is InChI=1S/C18H21N3O2/c19-9-17-5-6-18(23-17)11-20-10-16(22)13-21-8-7-14-3-1-2-4-15(14)12-21/h1-6,16,20,22H,7-8,10-13H2. The Morgan fingerprint density at radius 3 is 2.87 bits per heavy atom. The minimum absolute atomic E-state index is 0.314. The Hall–Kier alpha value is -2.13. The summed E-state index contributed by atoms with van der Waals surface area (Å²) in [5, 5.41) is 22.1. The molecule has 3 rings (SSSR count). The number of hydrogen-bond acceptors (Lipinski definition) is 5. The molecule has 0 amide bonds. The summed E-state index contributed by atoms with van der Waals surface area (Å²) in [5.74, 6) is 1.02. The topological polar surface area (TPSA) is 72.4 Å². The zero-order valence-corrected chi connectivity index (χ0v) is 13.0. The highest BCUT2D eigenvalue weighted by atomic mass is 16.3. The first-order chi connectivity index (χ1) is 11.2. The van der Waals surface area contributed by atoms with Crippen molar-refractivity contribution >= 4 is 0 Å². The van der Waals surface area contributed by atoms with Gasteiger partial charge in [-0.25, -0.2) is 0 Å². The van der Waals surface area contributed by atoms with Crippen molar-refractivity contribution in [2.24, 2.45) is 0 Å². The van der Waals surface area contributed by atoms with E-state index in [-0.39, 0.29) is 0 Å². The molecule has 0 saturated heterocycles. The molecule has 5 heteroatoms. The van der Waals surface area contributed by atoms with Crippen LogP contribution in [0.5, 0.6) is 0 Å². The number of benzene rings is 1. The van der Waals surface area contributed by atoms with E-state index in [1.165, 1.54) is 11.1 Å². The molecule has 1 aliphatic heterocycles. The van der Waals surface area contributed by atoms with Crippen LogP contribution in [0.15, 0.2) is 40.8 Å². The smallest absolute Gasteiger partial charge is 0.203 e. The van der Waals surface area contributed by atoms with Crippen LogP contribution in [0, 0.1) is 11.3 Å². The van der Waals surface area contributed by atoms with Crippen LogP contribution < -0.4 is 5.32 Å². The molecule has 0 aliphatic carbocycles. The molecule has 0 fully saturated rings. The number of nitrogens with zero attached hydrogens (tertiary/aromatic N) is 2. The summed E-state index contributed by atoms with van der Waals surface area (Å²) in [6.45, 7) is 3.56. The molecule has 120 valence electrons. The zero-order valence-electron chi connectivity index (χ0n) is 13.0. The first-order valence-electron chi connectivity index (χ1n) is 7.91. The van der Waals surface area contributed by atoms with Crippen LogP contribution in [0.2, 0.25) is 0 Å². The number of hydrogen-bond donors (Lipinski definition) is 2. The summed E-state index contributed by atoms with van der Waals surface area (Å²) in [6, 6.07) is 13.9. The molecule has 1 unspecified atom stereocenters. The maximum Gasteiger partial charge on any atom is 0.203 e. The number of fused-ring (bicyclic) bond motifs is 1. The number of rotatable bonds is 6. The predicted octanol–water partition coefficient (Wildman–Crippen LogP) is 1.66. The van der Waals surface area contributed by atoms with Gasteiger partial charge >= 0.3 is 0 Å². The first kappa shape index (κ1) is 15.8. The molecule has 0 spiro atoms. The molecule has 2 N–H and O–H groups in total. The number of nitriles is 1. The molecule has 5 nitrogen and oxygen atoms in total. The van der Waals surface area contributed by atoms with Crippen molar-refractivity contribution in [3.8, 4) is 6.07 Å². The van der Waals surface area contributed by atoms with Gasteiger partial charge in [-0.05, 0) is 29.7 Å². The van der Waals surface area contributed by atoms with Crippen LogP contribution in [0.1, 0.15) is 22.6 Å². The number of furan rings is 1. The number of aliphatic hydroxyl groups is 1. The molecule has 2 aromatic rings. The summed E-state index contributed by atoms with van der Waals surface area (Å²) in [7, 11) is 0. The second kappa shape index (κ2) is 7.42. The largest absolute Gasteiger partial charge is 0.449 e. The van der Waals surface area contributed by atoms with Gasteiger partial charge in [0.05, 0.1) is 12.6 Å². The van der Waals surface area contributed by atoms with E-state index in [1.54, 1.807) is 12.1 Å². The van der Waals surface area contributed by atoms with Crippen LogP contribution in [-0.4, -0.2) is 35.7 Å². The Balaban J connectivity index is 1.41. The molecule has 1 aliphatic rings. The van der Waals surface area contributed by atoms with Crippen LogP contribution in [-0.2, 0) is 19.5 Å². The second-order valence-corrected chi connectivity index (χ2v) is 5.92. The van der Waals surface area contributed by atoms with Crippen LogP contribution in [0.4, 0.5) is 0 Å². The van der Waals surface area contributed by atoms with Gasteiger partial charge < -0.3 is 14.8 Å².